The van der Waals surface area contributed by atoms with Gasteiger partial charge in [-0.2, -0.15) is 0 Å². The van der Waals surface area contributed by atoms with Crippen LogP contribution >= 0.6 is 23.4 Å². The van der Waals surface area contributed by atoms with E-state index in [1.807, 2.05) is 41.0 Å². The Kier molecular flexibility index (Phi) is 6.98. The fourth-order valence-corrected chi connectivity index (χ4v) is 4.21. The summed E-state index contributed by atoms with van der Waals surface area (Å²) in [7, 11) is 0. The van der Waals surface area contributed by atoms with E-state index in [-0.39, 0.29) is 23.6 Å². The Hall–Kier alpha value is -2.03. The fraction of sp³-hybridized carbons (Fsp3) is 0.421. The fourth-order valence-electron chi connectivity index (χ4n) is 2.98. The zero-order valence-corrected chi connectivity index (χ0v) is 17.4. The van der Waals surface area contributed by atoms with Gasteiger partial charge in [0.2, 0.25) is 11.8 Å². The van der Waals surface area contributed by atoms with Gasteiger partial charge in [0.15, 0.2) is 5.82 Å². The molecule has 150 valence electrons. The number of hydrogen-bond donors (Lipinski definition) is 1. The van der Waals surface area contributed by atoms with Crippen molar-refractivity contribution in [1.29, 1.82) is 0 Å². The quantitative estimate of drug-likeness (QED) is 0.721. The van der Waals surface area contributed by atoms with E-state index >= 15 is 0 Å². The predicted molar refractivity (Wildman–Crippen MR) is 110 cm³/mol. The van der Waals surface area contributed by atoms with Crippen LogP contribution in [0.4, 0.5) is 5.82 Å². The Bertz CT molecular complexity index is 836. The molecular formula is C19H23ClN4O3S. The third-order valence-corrected chi connectivity index (χ3v) is 6.04. The van der Waals surface area contributed by atoms with Crippen molar-refractivity contribution in [3.63, 3.8) is 0 Å². The molecule has 1 aromatic carbocycles. The number of benzene rings is 1. The molecule has 1 N–H and O–H groups in total. The highest BCUT2D eigenvalue weighted by Gasteiger charge is 2.26. The number of nitrogens with zero attached hydrogens (tertiary/aromatic N) is 3. The number of anilines is 1. The molecule has 1 saturated heterocycles. The minimum atomic E-state index is -0.217. The normalized spacial score (nSPS) is 16.0. The average molecular weight is 423 g/mol. The molecule has 1 fully saturated rings. The predicted octanol–water partition coefficient (Wildman–Crippen LogP) is 2.90. The lowest BCUT2D eigenvalue weighted by atomic mass is 10.3. The molecule has 2 amide bonds. The number of amides is 2. The van der Waals surface area contributed by atoms with Crippen molar-refractivity contribution in [2.75, 3.05) is 38.0 Å². The Morgan fingerprint density at radius 2 is 2.00 bits per heavy atom. The molecule has 2 heterocycles. The molecular weight excluding hydrogens is 400 g/mol. The molecule has 0 bridgehead atoms. The van der Waals surface area contributed by atoms with Gasteiger partial charge in [-0.25, -0.2) is 0 Å². The van der Waals surface area contributed by atoms with Crippen LogP contribution in [0.5, 0.6) is 0 Å². The molecule has 0 aliphatic carbocycles. The van der Waals surface area contributed by atoms with Crippen molar-refractivity contribution >= 4 is 41.0 Å². The van der Waals surface area contributed by atoms with Crippen molar-refractivity contribution in [1.82, 2.24) is 15.0 Å². The number of rotatable bonds is 6. The number of aromatic nitrogens is 1. The number of carbonyl (C=O) groups excluding carboxylic acids is 2. The number of hydrogen-bond acceptors (Lipinski definition) is 6. The lowest BCUT2D eigenvalue weighted by molar-refractivity contribution is -0.132. The van der Waals surface area contributed by atoms with Gasteiger partial charge in [0.05, 0.1) is 16.8 Å². The SMILES string of the molecule is Cc1cc(NC(=O)CN2CCN(C(=O)C(C)Sc3ccccc3Cl)CC2)no1. The molecule has 1 aliphatic rings. The number of nitrogens with one attached hydrogen (secondary N) is 1. The van der Waals surface area contributed by atoms with Crippen molar-refractivity contribution in [2.24, 2.45) is 0 Å². The number of thioether (sulfide) groups is 1. The Balaban J connectivity index is 1.44. The lowest BCUT2D eigenvalue weighted by Crippen LogP contribution is -2.52. The third-order valence-electron chi connectivity index (χ3n) is 4.43. The highest BCUT2D eigenvalue weighted by molar-refractivity contribution is 8.00. The van der Waals surface area contributed by atoms with Crippen LogP contribution < -0.4 is 5.32 Å². The summed E-state index contributed by atoms with van der Waals surface area (Å²) >= 11 is 7.65. The maximum absolute atomic E-state index is 12.7. The van der Waals surface area contributed by atoms with E-state index in [0.29, 0.717) is 42.8 Å². The van der Waals surface area contributed by atoms with Gasteiger partial charge in [-0.3, -0.25) is 14.5 Å². The van der Waals surface area contributed by atoms with Crippen molar-refractivity contribution in [3.05, 3.63) is 41.1 Å². The Morgan fingerprint density at radius 3 is 2.64 bits per heavy atom. The number of piperazine rings is 1. The molecule has 7 nitrogen and oxygen atoms in total. The molecule has 1 unspecified atom stereocenters. The minimum Gasteiger partial charge on any atom is -0.360 e. The van der Waals surface area contributed by atoms with Crippen LogP contribution in [0.1, 0.15) is 12.7 Å². The number of halogens is 1. The maximum atomic E-state index is 12.7. The Morgan fingerprint density at radius 1 is 1.29 bits per heavy atom. The molecule has 1 aliphatic heterocycles. The average Bonchev–Trinajstić information content (AvgIpc) is 3.08. The topological polar surface area (TPSA) is 78.7 Å². The summed E-state index contributed by atoms with van der Waals surface area (Å²) in [6.07, 6.45) is 0. The zero-order chi connectivity index (χ0) is 20.1. The second-order valence-electron chi connectivity index (χ2n) is 6.66. The van der Waals surface area contributed by atoms with Gasteiger partial charge >= 0.3 is 0 Å². The van der Waals surface area contributed by atoms with E-state index in [1.165, 1.54) is 11.8 Å². The van der Waals surface area contributed by atoms with Gasteiger partial charge in [-0.15, -0.1) is 11.8 Å². The van der Waals surface area contributed by atoms with E-state index in [4.69, 9.17) is 16.1 Å². The van der Waals surface area contributed by atoms with Crippen LogP contribution in [0.15, 0.2) is 39.8 Å². The highest BCUT2D eigenvalue weighted by atomic mass is 35.5. The van der Waals surface area contributed by atoms with Crippen LogP contribution in [0.2, 0.25) is 5.02 Å². The molecule has 3 rings (SSSR count). The molecule has 0 saturated carbocycles. The molecule has 1 atom stereocenters. The summed E-state index contributed by atoms with van der Waals surface area (Å²) in [6.45, 7) is 6.43. The number of carbonyl (C=O) groups is 2. The van der Waals surface area contributed by atoms with Crippen molar-refractivity contribution in [3.8, 4) is 0 Å². The summed E-state index contributed by atoms with van der Waals surface area (Å²) in [6, 6.07) is 9.20. The summed E-state index contributed by atoms with van der Waals surface area (Å²) < 4.78 is 4.94. The van der Waals surface area contributed by atoms with E-state index < -0.39 is 0 Å². The van der Waals surface area contributed by atoms with Crippen molar-refractivity contribution in [2.45, 2.75) is 24.0 Å². The Labute approximate surface area is 173 Å². The largest absolute Gasteiger partial charge is 0.360 e. The van der Waals surface area contributed by atoms with Gasteiger partial charge in [0.1, 0.15) is 5.76 Å². The van der Waals surface area contributed by atoms with Crippen LogP contribution in [-0.4, -0.2) is 64.7 Å². The van der Waals surface area contributed by atoms with Gasteiger partial charge < -0.3 is 14.7 Å². The summed E-state index contributed by atoms with van der Waals surface area (Å²) in [4.78, 5) is 29.6. The smallest absolute Gasteiger partial charge is 0.239 e. The molecule has 9 heteroatoms. The first-order valence-corrected chi connectivity index (χ1v) is 10.3. The molecule has 0 radical (unpaired) electrons. The third kappa shape index (κ3) is 5.50. The summed E-state index contributed by atoms with van der Waals surface area (Å²) in [5, 5.41) is 6.91. The van der Waals surface area contributed by atoms with Crippen molar-refractivity contribution < 1.29 is 14.1 Å². The summed E-state index contributed by atoms with van der Waals surface area (Å²) in [5.41, 5.74) is 0. The minimum absolute atomic E-state index is 0.0899. The zero-order valence-electron chi connectivity index (χ0n) is 15.9. The van der Waals surface area contributed by atoms with Gasteiger partial charge in [0.25, 0.3) is 0 Å². The first kappa shape index (κ1) is 20.7. The molecule has 0 spiro atoms. The van der Waals surface area contributed by atoms with Crippen LogP contribution in [0.25, 0.3) is 0 Å². The molecule has 28 heavy (non-hydrogen) atoms. The second kappa shape index (κ2) is 9.45. The molecule has 1 aromatic heterocycles. The highest BCUT2D eigenvalue weighted by Crippen LogP contribution is 2.30. The van der Waals surface area contributed by atoms with Crippen LogP contribution in [-0.2, 0) is 9.59 Å². The van der Waals surface area contributed by atoms with E-state index in [2.05, 4.69) is 10.5 Å². The van der Waals surface area contributed by atoms with Gasteiger partial charge in [-0.1, -0.05) is 28.9 Å². The molecule has 2 aromatic rings. The van der Waals surface area contributed by atoms with Crippen LogP contribution in [0, 0.1) is 6.92 Å². The first-order valence-electron chi connectivity index (χ1n) is 9.08. The van der Waals surface area contributed by atoms with E-state index in [9.17, 15) is 9.59 Å². The second-order valence-corrected chi connectivity index (χ2v) is 8.45. The lowest BCUT2D eigenvalue weighted by Gasteiger charge is -2.35. The van der Waals surface area contributed by atoms with E-state index in [1.54, 1.807) is 13.0 Å². The van der Waals surface area contributed by atoms with Crippen LogP contribution in [0.3, 0.4) is 0 Å². The number of aryl methyl sites for hydroxylation is 1. The van der Waals surface area contributed by atoms with E-state index in [0.717, 1.165) is 4.90 Å². The maximum Gasteiger partial charge on any atom is 0.239 e. The summed E-state index contributed by atoms with van der Waals surface area (Å²) in [5.74, 6) is 1.01. The van der Waals surface area contributed by atoms with Gasteiger partial charge in [0, 0.05) is 37.1 Å². The van der Waals surface area contributed by atoms with Gasteiger partial charge in [-0.05, 0) is 26.0 Å². The standard InChI is InChI=1S/C19H23ClN4O3S/c1-13-11-17(22-27-13)21-18(25)12-23-7-9-24(10-8-23)19(26)14(2)28-16-6-4-3-5-15(16)20/h3-6,11,14H,7-10,12H2,1-2H3,(H,21,22,25). The monoisotopic (exact) mass is 422 g/mol. The first-order chi connectivity index (χ1) is 13.4.